The molecule has 27 heavy (non-hydrogen) atoms. The van der Waals surface area contributed by atoms with E-state index in [2.05, 4.69) is 33.5 Å². The molecule has 2 atom stereocenters. The topological polar surface area (TPSA) is 75.6 Å². The number of fused-ring (bicyclic) bond motifs is 1. The lowest BCUT2D eigenvalue weighted by Gasteiger charge is -2.24. The van der Waals surface area contributed by atoms with Gasteiger partial charge in [0.05, 0.1) is 12.1 Å². The summed E-state index contributed by atoms with van der Waals surface area (Å²) in [5.41, 5.74) is 2.26. The molecule has 2 aromatic rings. The molecule has 1 aliphatic rings. The van der Waals surface area contributed by atoms with Crippen LogP contribution in [-0.2, 0) is 21.4 Å². The quantitative estimate of drug-likeness (QED) is 0.747. The molecule has 3 rings (SSSR count). The van der Waals surface area contributed by atoms with E-state index in [9.17, 15) is 9.59 Å². The molecule has 0 aliphatic carbocycles. The van der Waals surface area contributed by atoms with Crippen molar-refractivity contribution in [1.82, 2.24) is 20.1 Å². The Morgan fingerprint density at radius 2 is 2.00 bits per heavy atom. The number of likely N-dealkylation sites (N-methyl/N-ethyl adjacent to an activating group) is 1. The fraction of sp³-hybridized carbons (Fsp3) is 0.500. The van der Waals surface area contributed by atoms with Crippen LogP contribution in [0.5, 0.6) is 0 Å². The molecule has 7 heteroatoms. The summed E-state index contributed by atoms with van der Waals surface area (Å²) in [6.07, 6.45) is 4.03. The second kappa shape index (κ2) is 8.54. The van der Waals surface area contributed by atoms with Gasteiger partial charge in [0.2, 0.25) is 0 Å². The summed E-state index contributed by atoms with van der Waals surface area (Å²) in [6, 6.07) is 8.14. The van der Waals surface area contributed by atoms with E-state index in [4.69, 9.17) is 4.74 Å². The largest absolute Gasteiger partial charge is 0.376 e. The number of benzene rings is 1. The van der Waals surface area contributed by atoms with Crippen molar-refractivity contribution in [3.05, 3.63) is 36.0 Å². The molecule has 2 amide bonds. The average molecular weight is 372 g/mol. The standard InChI is InChI=1S/C20H28N4O3/c1-23(2)18(16-13-24(3)17-9-5-4-8-15(16)17)12-22-20(26)19(25)21-11-14-7-6-10-27-14/h4-5,8-9,13-14,18H,6-7,10-12H2,1-3H3,(H,21,25)(H,22,26). The van der Waals surface area contributed by atoms with Gasteiger partial charge in [0.25, 0.3) is 0 Å². The van der Waals surface area contributed by atoms with Crippen molar-refractivity contribution in [3.8, 4) is 0 Å². The van der Waals surface area contributed by atoms with E-state index in [0.717, 1.165) is 35.9 Å². The maximum atomic E-state index is 12.2. The molecular formula is C20H28N4O3. The van der Waals surface area contributed by atoms with E-state index in [-0.39, 0.29) is 12.1 Å². The molecule has 146 valence electrons. The Balaban J connectivity index is 1.62. The molecule has 0 spiro atoms. The van der Waals surface area contributed by atoms with E-state index < -0.39 is 11.8 Å². The number of hydrogen-bond donors (Lipinski definition) is 2. The molecule has 7 nitrogen and oxygen atoms in total. The van der Waals surface area contributed by atoms with Crippen molar-refractivity contribution in [2.75, 3.05) is 33.8 Å². The lowest BCUT2D eigenvalue weighted by atomic mass is 10.0. The lowest BCUT2D eigenvalue weighted by Crippen LogP contribution is -2.44. The van der Waals surface area contributed by atoms with Gasteiger partial charge in [-0.2, -0.15) is 0 Å². The van der Waals surface area contributed by atoms with Crippen LogP contribution in [0.4, 0.5) is 0 Å². The van der Waals surface area contributed by atoms with E-state index in [1.54, 1.807) is 0 Å². The van der Waals surface area contributed by atoms with Crippen LogP contribution in [0.3, 0.4) is 0 Å². The van der Waals surface area contributed by atoms with Crippen molar-refractivity contribution >= 4 is 22.7 Å². The number of amides is 2. The highest BCUT2D eigenvalue weighted by Crippen LogP contribution is 2.28. The van der Waals surface area contributed by atoms with Gasteiger partial charge in [-0.1, -0.05) is 18.2 Å². The van der Waals surface area contributed by atoms with Crippen LogP contribution in [0.15, 0.2) is 30.5 Å². The van der Waals surface area contributed by atoms with Gasteiger partial charge in [-0.15, -0.1) is 0 Å². The van der Waals surface area contributed by atoms with Crippen molar-refractivity contribution in [2.45, 2.75) is 25.0 Å². The van der Waals surface area contributed by atoms with Gasteiger partial charge in [0.15, 0.2) is 0 Å². The lowest BCUT2D eigenvalue weighted by molar-refractivity contribution is -0.139. The highest BCUT2D eigenvalue weighted by Gasteiger charge is 2.23. The van der Waals surface area contributed by atoms with Gasteiger partial charge in [0.1, 0.15) is 0 Å². The van der Waals surface area contributed by atoms with E-state index in [1.165, 1.54) is 0 Å². The number of nitrogens with one attached hydrogen (secondary N) is 2. The zero-order chi connectivity index (χ0) is 19.4. The second-order valence-corrected chi connectivity index (χ2v) is 7.25. The first-order valence-electron chi connectivity index (χ1n) is 9.35. The summed E-state index contributed by atoms with van der Waals surface area (Å²) in [4.78, 5) is 26.3. The zero-order valence-electron chi connectivity index (χ0n) is 16.2. The average Bonchev–Trinajstić information content (AvgIpc) is 3.28. The van der Waals surface area contributed by atoms with Gasteiger partial charge < -0.3 is 24.8 Å². The predicted molar refractivity (Wildman–Crippen MR) is 104 cm³/mol. The van der Waals surface area contributed by atoms with Crippen LogP contribution < -0.4 is 10.6 Å². The van der Waals surface area contributed by atoms with Crippen molar-refractivity contribution < 1.29 is 14.3 Å². The van der Waals surface area contributed by atoms with Crippen LogP contribution in [0.1, 0.15) is 24.4 Å². The predicted octanol–water partition coefficient (Wildman–Crippen LogP) is 1.19. The third kappa shape index (κ3) is 4.48. The summed E-state index contributed by atoms with van der Waals surface area (Å²) in [5, 5.41) is 6.58. The Hall–Kier alpha value is -2.38. The molecule has 2 heterocycles. The minimum Gasteiger partial charge on any atom is -0.376 e. The van der Waals surface area contributed by atoms with E-state index >= 15 is 0 Å². The summed E-state index contributed by atoms with van der Waals surface area (Å²) in [5.74, 6) is -1.22. The van der Waals surface area contributed by atoms with Gasteiger partial charge in [-0.25, -0.2) is 0 Å². The number of aromatic nitrogens is 1. The van der Waals surface area contributed by atoms with Crippen LogP contribution in [0.2, 0.25) is 0 Å². The van der Waals surface area contributed by atoms with Gasteiger partial charge in [-0.3, -0.25) is 9.59 Å². The maximum Gasteiger partial charge on any atom is 0.309 e. The Morgan fingerprint density at radius 3 is 2.70 bits per heavy atom. The Labute approximate surface area is 159 Å². The van der Waals surface area contributed by atoms with Crippen LogP contribution in [0, 0.1) is 0 Å². The zero-order valence-corrected chi connectivity index (χ0v) is 16.2. The van der Waals surface area contributed by atoms with Crippen molar-refractivity contribution in [3.63, 3.8) is 0 Å². The summed E-state index contributed by atoms with van der Waals surface area (Å²) < 4.78 is 7.54. The summed E-state index contributed by atoms with van der Waals surface area (Å²) in [6.45, 7) is 1.46. The Bertz CT molecular complexity index is 809. The van der Waals surface area contributed by atoms with E-state index in [0.29, 0.717) is 13.1 Å². The first-order valence-corrected chi connectivity index (χ1v) is 9.35. The van der Waals surface area contributed by atoms with E-state index in [1.807, 2.05) is 38.2 Å². The molecule has 1 aromatic carbocycles. The molecule has 2 unspecified atom stereocenters. The number of ether oxygens (including phenoxy) is 1. The van der Waals surface area contributed by atoms with Crippen molar-refractivity contribution in [1.29, 1.82) is 0 Å². The molecule has 0 radical (unpaired) electrons. The highest BCUT2D eigenvalue weighted by molar-refractivity contribution is 6.35. The SMILES string of the molecule is CN(C)C(CNC(=O)C(=O)NCC1CCCO1)c1cn(C)c2ccccc12. The summed E-state index contributed by atoms with van der Waals surface area (Å²) >= 11 is 0. The van der Waals surface area contributed by atoms with Crippen molar-refractivity contribution in [2.24, 2.45) is 7.05 Å². The smallest absolute Gasteiger partial charge is 0.309 e. The monoisotopic (exact) mass is 372 g/mol. The Morgan fingerprint density at radius 1 is 1.26 bits per heavy atom. The van der Waals surface area contributed by atoms with Crippen LogP contribution >= 0.6 is 0 Å². The fourth-order valence-corrected chi connectivity index (χ4v) is 3.57. The number of nitrogens with zero attached hydrogens (tertiary/aromatic N) is 2. The molecule has 0 saturated carbocycles. The molecule has 1 aliphatic heterocycles. The number of rotatable bonds is 6. The van der Waals surface area contributed by atoms with Crippen LogP contribution in [-0.4, -0.2) is 61.2 Å². The first-order chi connectivity index (χ1) is 13.0. The second-order valence-electron chi connectivity index (χ2n) is 7.25. The van der Waals surface area contributed by atoms with Crippen LogP contribution in [0.25, 0.3) is 10.9 Å². The third-order valence-electron chi connectivity index (χ3n) is 5.09. The third-order valence-corrected chi connectivity index (χ3v) is 5.09. The van der Waals surface area contributed by atoms with Gasteiger partial charge in [-0.05, 0) is 38.6 Å². The van der Waals surface area contributed by atoms with Gasteiger partial charge in [0, 0.05) is 43.8 Å². The molecular weight excluding hydrogens is 344 g/mol. The number of para-hydroxylation sites is 1. The number of carbonyl (C=O) groups excluding carboxylic acids is 2. The number of hydrogen-bond acceptors (Lipinski definition) is 4. The number of carbonyl (C=O) groups is 2. The molecule has 1 fully saturated rings. The minimum atomic E-state index is -0.611. The maximum absolute atomic E-state index is 12.2. The summed E-state index contributed by atoms with van der Waals surface area (Å²) in [7, 11) is 5.95. The number of aryl methyl sites for hydroxylation is 1. The normalized spacial score (nSPS) is 18.0. The Kier molecular flexibility index (Phi) is 6.13. The molecule has 2 N–H and O–H groups in total. The molecule has 1 saturated heterocycles. The first kappa shape index (κ1) is 19.4. The molecule has 1 aromatic heterocycles. The highest BCUT2D eigenvalue weighted by atomic mass is 16.5. The fourth-order valence-electron chi connectivity index (χ4n) is 3.57. The minimum absolute atomic E-state index is 0.0203. The van der Waals surface area contributed by atoms with Gasteiger partial charge >= 0.3 is 11.8 Å². The molecule has 0 bridgehead atoms.